The van der Waals surface area contributed by atoms with Gasteiger partial charge >= 0.3 is 5.97 Å². The summed E-state index contributed by atoms with van der Waals surface area (Å²) in [5, 5.41) is 11.3. The van der Waals surface area contributed by atoms with Gasteiger partial charge in [-0.2, -0.15) is 0 Å². The fourth-order valence-electron chi connectivity index (χ4n) is 1.17. The molecule has 0 saturated heterocycles. The summed E-state index contributed by atoms with van der Waals surface area (Å²) in [5.41, 5.74) is -1.25. The number of rotatable bonds is 4. The van der Waals surface area contributed by atoms with Crippen molar-refractivity contribution in [3.8, 4) is 0 Å². The number of halogens is 2. The molecule has 18 heavy (non-hydrogen) atoms. The minimum atomic E-state index is -1.54. The number of carboxylic acid groups (broad SMARTS) is 1. The summed E-state index contributed by atoms with van der Waals surface area (Å²) in [4.78, 5) is 22.5. The minimum absolute atomic E-state index is 0.0547. The molecule has 0 aliphatic rings. The van der Waals surface area contributed by atoms with E-state index in [1.54, 1.807) is 6.07 Å². The minimum Gasteiger partial charge on any atom is -0.480 e. The van der Waals surface area contributed by atoms with Gasteiger partial charge in [0, 0.05) is 16.6 Å². The standard InChI is InChI=1S/C12H13BrFNO3/c1-12(2,11(17)18)10(16)15-6-7-5-8(13)3-4-9(7)14/h3-5H,6H2,1-2H3,(H,15,16)(H,17,18). The second kappa shape index (κ2) is 5.48. The van der Waals surface area contributed by atoms with Gasteiger partial charge in [0.05, 0.1) is 0 Å². The van der Waals surface area contributed by atoms with Crippen LogP contribution in [0.15, 0.2) is 22.7 Å². The first kappa shape index (κ1) is 14.6. The van der Waals surface area contributed by atoms with E-state index in [4.69, 9.17) is 5.11 Å². The molecule has 1 amide bonds. The van der Waals surface area contributed by atoms with E-state index < -0.39 is 23.1 Å². The third kappa shape index (κ3) is 3.29. The van der Waals surface area contributed by atoms with Crippen molar-refractivity contribution in [3.63, 3.8) is 0 Å². The van der Waals surface area contributed by atoms with Crippen molar-refractivity contribution in [1.29, 1.82) is 0 Å². The van der Waals surface area contributed by atoms with Gasteiger partial charge in [-0.15, -0.1) is 0 Å². The summed E-state index contributed by atoms with van der Waals surface area (Å²) in [6.07, 6.45) is 0. The fraction of sp³-hybridized carbons (Fsp3) is 0.333. The second-order valence-electron chi connectivity index (χ2n) is 4.35. The number of carbonyl (C=O) groups is 2. The Balaban J connectivity index is 2.74. The third-order valence-electron chi connectivity index (χ3n) is 2.55. The van der Waals surface area contributed by atoms with Crippen LogP contribution in [-0.4, -0.2) is 17.0 Å². The van der Waals surface area contributed by atoms with Crippen LogP contribution in [0.25, 0.3) is 0 Å². The first-order valence-corrected chi connectivity index (χ1v) is 6.00. The molecule has 6 heteroatoms. The Morgan fingerprint density at radius 3 is 2.61 bits per heavy atom. The zero-order valence-electron chi connectivity index (χ0n) is 9.96. The van der Waals surface area contributed by atoms with Gasteiger partial charge in [-0.1, -0.05) is 15.9 Å². The van der Waals surface area contributed by atoms with Crippen LogP contribution in [0.3, 0.4) is 0 Å². The molecular formula is C12H13BrFNO3. The van der Waals surface area contributed by atoms with E-state index in [0.29, 0.717) is 10.0 Å². The number of benzene rings is 1. The normalized spacial score (nSPS) is 11.1. The first-order valence-electron chi connectivity index (χ1n) is 5.20. The van der Waals surface area contributed by atoms with Crippen LogP contribution < -0.4 is 5.32 Å². The van der Waals surface area contributed by atoms with Gasteiger partial charge in [0.1, 0.15) is 11.2 Å². The Morgan fingerprint density at radius 1 is 1.44 bits per heavy atom. The Labute approximate surface area is 112 Å². The zero-order valence-corrected chi connectivity index (χ0v) is 11.5. The average Bonchev–Trinajstić information content (AvgIpc) is 2.29. The molecule has 0 aliphatic carbocycles. The number of hydrogen-bond donors (Lipinski definition) is 2. The smallest absolute Gasteiger partial charge is 0.318 e. The van der Waals surface area contributed by atoms with Crippen LogP contribution in [0.2, 0.25) is 0 Å². The number of carbonyl (C=O) groups excluding carboxylic acids is 1. The molecule has 0 spiro atoms. The summed E-state index contributed by atoms with van der Waals surface area (Å²) >= 11 is 3.19. The Morgan fingerprint density at radius 2 is 2.06 bits per heavy atom. The van der Waals surface area contributed by atoms with Gasteiger partial charge in [0.25, 0.3) is 0 Å². The maximum atomic E-state index is 13.4. The van der Waals surface area contributed by atoms with Gasteiger partial charge in [-0.3, -0.25) is 9.59 Å². The predicted octanol–water partition coefficient (Wildman–Crippen LogP) is 2.32. The lowest BCUT2D eigenvalue weighted by Gasteiger charge is -2.18. The molecule has 2 N–H and O–H groups in total. The number of nitrogens with one attached hydrogen (secondary N) is 1. The summed E-state index contributed by atoms with van der Waals surface area (Å²) in [6, 6.07) is 4.35. The zero-order chi connectivity index (χ0) is 13.9. The SMILES string of the molecule is CC(C)(C(=O)O)C(=O)NCc1cc(Br)ccc1F. The number of carboxylic acids is 1. The van der Waals surface area contributed by atoms with Crippen molar-refractivity contribution in [3.05, 3.63) is 34.1 Å². The summed E-state index contributed by atoms with van der Waals surface area (Å²) in [7, 11) is 0. The summed E-state index contributed by atoms with van der Waals surface area (Å²) in [6.45, 7) is 2.53. The maximum absolute atomic E-state index is 13.4. The van der Waals surface area contributed by atoms with Crippen molar-refractivity contribution >= 4 is 27.8 Å². The Hall–Kier alpha value is -1.43. The van der Waals surface area contributed by atoms with Crippen molar-refractivity contribution < 1.29 is 19.1 Å². The first-order chi connectivity index (χ1) is 8.25. The molecule has 1 aromatic rings. The number of hydrogen-bond acceptors (Lipinski definition) is 2. The lowest BCUT2D eigenvalue weighted by Crippen LogP contribution is -2.42. The topological polar surface area (TPSA) is 66.4 Å². The van der Waals surface area contributed by atoms with Crippen LogP contribution in [0.5, 0.6) is 0 Å². The van der Waals surface area contributed by atoms with Gasteiger partial charge in [0.15, 0.2) is 0 Å². The molecule has 0 unspecified atom stereocenters. The van der Waals surface area contributed by atoms with Gasteiger partial charge < -0.3 is 10.4 Å². The molecule has 0 fully saturated rings. The van der Waals surface area contributed by atoms with Crippen molar-refractivity contribution in [1.82, 2.24) is 5.32 Å². The maximum Gasteiger partial charge on any atom is 0.318 e. The van der Waals surface area contributed by atoms with Crippen LogP contribution in [-0.2, 0) is 16.1 Å². The highest BCUT2D eigenvalue weighted by atomic mass is 79.9. The summed E-state index contributed by atoms with van der Waals surface area (Å²) < 4.78 is 14.1. The van der Waals surface area contributed by atoms with Crippen molar-refractivity contribution in [2.45, 2.75) is 20.4 Å². The molecule has 98 valence electrons. The lowest BCUT2D eigenvalue weighted by molar-refractivity contribution is -0.153. The highest BCUT2D eigenvalue weighted by Crippen LogP contribution is 2.18. The average molecular weight is 318 g/mol. The molecule has 1 rings (SSSR count). The molecule has 0 atom stereocenters. The van der Waals surface area contributed by atoms with Crippen LogP contribution >= 0.6 is 15.9 Å². The second-order valence-corrected chi connectivity index (χ2v) is 5.26. The largest absolute Gasteiger partial charge is 0.480 e. The Bertz CT molecular complexity index is 488. The number of amides is 1. The van der Waals surface area contributed by atoms with E-state index in [-0.39, 0.29) is 6.54 Å². The van der Waals surface area contributed by atoms with E-state index in [2.05, 4.69) is 21.2 Å². The molecule has 0 aromatic heterocycles. The molecule has 0 aliphatic heterocycles. The van der Waals surface area contributed by atoms with Crippen LogP contribution in [0, 0.1) is 11.2 Å². The van der Waals surface area contributed by atoms with E-state index in [0.717, 1.165) is 0 Å². The fourth-order valence-corrected chi connectivity index (χ4v) is 1.58. The van der Waals surface area contributed by atoms with Crippen LogP contribution in [0.4, 0.5) is 4.39 Å². The third-order valence-corrected chi connectivity index (χ3v) is 3.04. The summed E-state index contributed by atoms with van der Waals surface area (Å²) in [5.74, 6) is -2.34. The molecular weight excluding hydrogens is 305 g/mol. The van der Waals surface area contributed by atoms with E-state index in [1.165, 1.54) is 26.0 Å². The van der Waals surface area contributed by atoms with Gasteiger partial charge in [-0.05, 0) is 32.0 Å². The molecule has 4 nitrogen and oxygen atoms in total. The molecule has 0 heterocycles. The van der Waals surface area contributed by atoms with E-state index in [1.807, 2.05) is 0 Å². The van der Waals surface area contributed by atoms with Gasteiger partial charge in [-0.25, -0.2) is 4.39 Å². The van der Waals surface area contributed by atoms with Crippen LogP contribution in [0.1, 0.15) is 19.4 Å². The number of aliphatic carboxylic acids is 1. The molecule has 0 saturated carbocycles. The molecule has 0 bridgehead atoms. The molecule has 1 aromatic carbocycles. The Kier molecular flexibility index (Phi) is 4.45. The predicted molar refractivity (Wildman–Crippen MR) is 67.4 cm³/mol. The van der Waals surface area contributed by atoms with E-state index in [9.17, 15) is 14.0 Å². The quantitative estimate of drug-likeness (QED) is 0.837. The van der Waals surface area contributed by atoms with Crippen molar-refractivity contribution in [2.75, 3.05) is 0 Å². The lowest BCUT2D eigenvalue weighted by atomic mass is 9.92. The monoisotopic (exact) mass is 317 g/mol. The highest BCUT2D eigenvalue weighted by Gasteiger charge is 2.35. The molecule has 0 radical (unpaired) electrons. The van der Waals surface area contributed by atoms with E-state index >= 15 is 0 Å². The van der Waals surface area contributed by atoms with Crippen molar-refractivity contribution in [2.24, 2.45) is 5.41 Å². The van der Waals surface area contributed by atoms with Gasteiger partial charge in [0.2, 0.25) is 5.91 Å². The highest BCUT2D eigenvalue weighted by molar-refractivity contribution is 9.10.